The van der Waals surface area contributed by atoms with Crippen molar-refractivity contribution in [3.63, 3.8) is 0 Å². The molecular weight excluding hydrogens is 248 g/mol. The van der Waals surface area contributed by atoms with Gasteiger partial charge >= 0.3 is 0 Å². The Morgan fingerprint density at radius 1 is 1.33 bits per heavy atom. The van der Waals surface area contributed by atoms with Crippen molar-refractivity contribution in [2.24, 2.45) is 17.8 Å². The van der Waals surface area contributed by atoms with Crippen LogP contribution >= 0.6 is 11.6 Å². The van der Waals surface area contributed by atoms with Gasteiger partial charge in [-0.15, -0.1) is 0 Å². The van der Waals surface area contributed by atoms with Gasteiger partial charge in [0.05, 0.1) is 10.7 Å². The van der Waals surface area contributed by atoms with E-state index < -0.39 is 0 Å². The minimum atomic E-state index is 0.119. The molecule has 0 spiro atoms. The van der Waals surface area contributed by atoms with Gasteiger partial charge < -0.3 is 11.1 Å². The van der Waals surface area contributed by atoms with Crippen LogP contribution in [0.5, 0.6) is 0 Å². The van der Waals surface area contributed by atoms with Gasteiger partial charge in [-0.2, -0.15) is 0 Å². The third kappa shape index (κ3) is 2.07. The number of amides is 1. The van der Waals surface area contributed by atoms with Gasteiger partial charge in [0.1, 0.15) is 0 Å². The highest BCUT2D eigenvalue weighted by Crippen LogP contribution is 2.48. The van der Waals surface area contributed by atoms with E-state index in [4.69, 9.17) is 17.3 Å². The van der Waals surface area contributed by atoms with E-state index in [1.807, 2.05) is 0 Å². The zero-order chi connectivity index (χ0) is 12.7. The van der Waals surface area contributed by atoms with Gasteiger partial charge in [-0.1, -0.05) is 18.0 Å². The Hall–Kier alpha value is -1.22. The molecule has 0 heterocycles. The van der Waals surface area contributed by atoms with Crippen molar-refractivity contribution in [3.8, 4) is 0 Å². The first-order chi connectivity index (χ1) is 8.63. The van der Waals surface area contributed by atoms with E-state index >= 15 is 0 Å². The smallest absolute Gasteiger partial charge is 0.227 e. The van der Waals surface area contributed by atoms with Crippen molar-refractivity contribution in [1.29, 1.82) is 0 Å². The maximum atomic E-state index is 12.2. The van der Waals surface area contributed by atoms with Gasteiger partial charge in [-0.25, -0.2) is 0 Å². The number of hydrogen-bond acceptors (Lipinski definition) is 2. The Bertz CT molecular complexity index is 489. The second-order valence-electron chi connectivity index (χ2n) is 5.51. The Morgan fingerprint density at radius 2 is 2.17 bits per heavy atom. The van der Waals surface area contributed by atoms with Crippen molar-refractivity contribution < 1.29 is 4.79 Å². The van der Waals surface area contributed by atoms with Crippen LogP contribution in [0.1, 0.15) is 25.7 Å². The largest absolute Gasteiger partial charge is 0.399 e. The summed E-state index contributed by atoms with van der Waals surface area (Å²) in [5.41, 5.74) is 6.91. The lowest BCUT2D eigenvalue weighted by Gasteiger charge is -2.21. The lowest BCUT2D eigenvalue weighted by Crippen LogP contribution is -2.27. The normalized spacial score (nSPS) is 29.5. The number of halogens is 1. The first kappa shape index (κ1) is 11.8. The monoisotopic (exact) mass is 264 g/mol. The average molecular weight is 265 g/mol. The highest BCUT2D eigenvalue weighted by molar-refractivity contribution is 6.34. The van der Waals surface area contributed by atoms with Gasteiger partial charge in [-0.3, -0.25) is 4.79 Å². The lowest BCUT2D eigenvalue weighted by atomic mass is 9.88. The predicted molar refractivity (Wildman–Crippen MR) is 73.4 cm³/mol. The molecule has 2 saturated carbocycles. The van der Waals surface area contributed by atoms with E-state index in [1.165, 1.54) is 19.3 Å². The molecular formula is C14H17ClN2O. The fourth-order valence-corrected chi connectivity index (χ4v) is 3.66. The third-order valence-electron chi connectivity index (χ3n) is 4.33. The van der Waals surface area contributed by atoms with Crippen molar-refractivity contribution in [2.75, 3.05) is 11.1 Å². The maximum Gasteiger partial charge on any atom is 0.227 e. The van der Waals surface area contributed by atoms with Crippen LogP contribution < -0.4 is 11.1 Å². The first-order valence-electron chi connectivity index (χ1n) is 6.49. The fraction of sp³-hybridized carbons (Fsp3) is 0.500. The molecule has 0 aromatic heterocycles. The molecule has 0 aliphatic heterocycles. The molecule has 96 valence electrons. The van der Waals surface area contributed by atoms with Crippen LogP contribution in [0.4, 0.5) is 11.4 Å². The van der Waals surface area contributed by atoms with Crippen LogP contribution in [0.15, 0.2) is 18.2 Å². The second-order valence-corrected chi connectivity index (χ2v) is 5.92. The van der Waals surface area contributed by atoms with Gasteiger partial charge in [0, 0.05) is 11.6 Å². The molecule has 0 saturated heterocycles. The summed E-state index contributed by atoms with van der Waals surface area (Å²) in [6, 6.07) is 5.18. The molecule has 1 aromatic rings. The molecule has 3 atom stereocenters. The van der Waals surface area contributed by atoms with Crippen molar-refractivity contribution >= 4 is 28.9 Å². The molecule has 2 aliphatic carbocycles. The predicted octanol–water partition coefficient (Wildman–Crippen LogP) is 3.30. The number of nitrogen functional groups attached to an aromatic ring is 1. The molecule has 3 nitrogen and oxygen atoms in total. The van der Waals surface area contributed by atoms with Gasteiger partial charge in [-0.05, 0) is 49.3 Å². The number of nitrogens with two attached hydrogens (primary N) is 1. The van der Waals surface area contributed by atoms with Gasteiger partial charge in [0.15, 0.2) is 0 Å². The summed E-state index contributed by atoms with van der Waals surface area (Å²) >= 11 is 6.06. The van der Waals surface area contributed by atoms with E-state index in [1.54, 1.807) is 18.2 Å². The quantitative estimate of drug-likeness (QED) is 0.806. The summed E-state index contributed by atoms with van der Waals surface area (Å²) in [6.07, 6.45) is 4.78. The van der Waals surface area contributed by atoms with E-state index in [0.717, 1.165) is 12.3 Å². The summed E-state index contributed by atoms with van der Waals surface area (Å²) in [5.74, 6) is 1.65. The van der Waals surface area contributed by atoms with Crippen LogP contribution in [0, 0.1) is 17.8 Å². The molecule has 3 rings (SSSR count). The summed E-state index contributed by atoms with van der Waals surface area (Å²) < 4.78 is 0. The zero-order valence-electron chi connectivity index (χ0n) is 10.2. The van der Waals surface area contributed by atoms with Gasteiger partial charge in [0.2, 0.25) is 5.91 Å². The number of hydrogen-bond donors (Lipinski definition) is 2. The molecule has 2 aliphatic rings. The van der Waals surface area contributed by atoms with E-state index in [-0.39, 0.29) is 11.8 Å². The SMILES string of the molecule is Nc1ccc(NC(=O)C2CC3CCC2C3)c(Cl)c1. The van der Waals surface area contributed by atoms with Crippen LogP contribution in [0.3, 0.4) is 0 Å². The number of rotatable bonds is 2. The Morgan fingerprint density at radius 3 is 2.78 bits per heavy atom. The first-order valence-corrected chi connectivity index (χ1v) is 6.87. The van der Waals surface area contributed by atoms with E-state index in [2.05, 4.69) is 5.32 Å². The summed E-state index contributed by atoms with van der Waals surface area (Å²) in [6.45, 7) is 0. The molecule has 2 fully saturated rings. The van der Waals surface area contributed by atoms with Crippen molar-refractivity contribution in [3.05, 3.63) is 23.2 Å². The highest BCUT2D eigenvalue weighted by atomic mass is 35.5. The maximum absolute atomic E-state index is 12.2. The van der Waals surface area contributed by atoms with E-state index in [0.29, 0.717) is 22.3 Å². The summed E-state index contributed by atoms with van der Waals surface area (Å²) in [7, 11) is 0. The molecule has 18 heavy (non-hydrogen) atoms. The van der Waals surface area contributed by atoms with Crippen molar-refractivity contribution in [2.45, 2.75) is 25.7 Å². The molecule has 0 radical (unpaired) electrons. The van der Waals surface area contributed by atoms with Crippen LogP contribution in [0.2, 0.25) is 5.02 Å². The van der Waals surface area contributed by atoms with Crippen LogP contribution in [0.25, 0.3) is 0 Å². The Balaban J connectivity index is 1.71. The lowest BCUT2D eigenvalue weighted by molar-refractivity contribution is -0.121. The highest BCUT2D eigenvalue weighted by Gasteiger charge is 2.43. The number of benzene rings is 1. The number of carbonyl (C=O) groups excluding carboxylic acids is 1. The molecule has 3 N–H and O–H groups in total. The number of anilines is 2. The van der Waals surface area contributed by atoms with Crippen molar-refractivity contribution in [1.82, 2.24) is 0 Å². The molecule has 1 aromatic carbocycles. The molecule has 1 amide bonds. The summed E-state index contributed by atoms with van der Waals surface area (Å²) in [5, 5.41) is 3.44. The number of carbonyl (C=O) groups is 1. The Labute approximate surface area is 112 Å². The standard InChI is InChI=1S/C14H17ClN2O/c15-12-7-10(16)3-4-13(12)17-14(18)11-6-8-1-2-9(11)5-8/h3-4,7-9,11H,1-2,5-6,16H2,(H,17,18). The number of fused-ring (bicyclic) bond motifs is 2. The van der Waals surface area contributed by atoms with Crippen LogP contribution in [-0.2, 0) is 4.79 Å². The minimum Gasteiger partial charge on any atom is -0.399 e. The molecule has 3 unspecified atom stereocenters. The fourth-order valence-electron chi connectivity index (χ4n) is 3.42. The van der Waals surface area contributed by atoms with E-state index in [9.17, 15) is 4.79 Å². The second kappa shape index (κ2) is 4.47. The molecule has 4 heteroatoms. The Kier molecular flexibility index (Phi) is 2.94. The molecule has 2 bridgehead atoms. The zero-order valence-corrected chi connectivity index (χ0v) is 10.9. The number of nitrogens with one attached hydrogen (secondary N) is 1. The van der Waals surface area contributed by atoms with Crippen LogP contribution in [-0.4, -0.2) is 5.91 Å². The summed E-state index contributed by atoms with van der Waals surface area (Å²) in [4.78, 5) is 12.2. The topological polar surface area (TPSA) is 55.1 Å². The minimum absolute atomic E-state index is 0.119. The van der Waals surface area contributed by atoms with Gasteiger partial charge in [0.25, 0.3) is 0 Å². The third-order valence-corrected chi connectivity index (χ3v) is 4.64. The average Bonchev–Trinajstić information content (AvgIpc) is 2.94.